The van der Waals surface area contributed by atoms with Gasteiger partial charge < -0.3 is 4.42 Å². The quantitative estimate of drug-likeness (QED) is 0.462. The van der Waals surface area contributed by atoms with Crippen molar-refractivity contribution in [3.05, 3.63) is 48.2 Å². The fraction of sp³-hybridized carbons (Fsp3) is 0.0909. The molecule has 3 rings (SSSR count). The zero-order valence-corrected chi connectivity index (χ0v) is 8.92. The Bertz CT molecular complexity index is 583. The molecule has 0 aliphatic rings. The van der Waals surface area contributed by atoms with Crippen LogP contribution in [0, 0.1) is 0 Å². The largest absolute Gasteiger partial charge is 0.459 e. The van der Waals surface area contributed by atoms with Gasteiger partial charge in [0.2, 0.25) is 0 Å². The van der Waals surface area contributed by atoms with Gasteiger partial charge in [0.25, 0.3) is 0 Å². The summed E-state index contributed by atoms with van der Waals surface area (Å²) < 4.78 is 5.71. The number of aromatic amines is 1. The predicted octanol–water partition coefficient (Wildman–Crippen LogP) is 1.10. The molecule has 0 spiro atoms. The molecule has 1 atom stereocenters. The highest BCUT2D eigenvalue weighted by molar-refractivity contribution is 5.77. The number of H-pyrrole nitrogens is 1. The number of hydrogen-bond acceptors (Lipinski definition) is 5. The number of hydrogen-bond donors (Lipinski definition) is 3. The lowest BCUT2D eigenvalue weighted by atomic mass is 10.2. The second kappa shape index (κ2) is 4.00. The van der Waals surface area contributed by atoms with Gasteiger partial charge in [0.15, 0.2) is 5.82 Å². The number of benzene rings is 1. The smallest absolute Gasteiger partial charge is 0.150 e. The van der Waals surface area contributed by atoms with E-state index in [4.69, 9.17) is 10.3 Å². The van der Waals surface area contributed by atoms with E-state index in [2.05, 4.69) is 20.6 Å². The van der Waals surface area contributed by atoms with Crippen LogP contribution in [0.25, 0.3) is 11.0 Å². The van der Waals surface area contributed by atoms with E-state index in [0.29, 0.717) is 11.6 Å². The number of para-hydroxylation sites is 1. The minimum atomic E-state index is -0.329. The second-order valence-corrected chi connectivity index (χ2v) is 3.66. The monoisotopic (exact) mass is 229 g/mol. The van der Waals surface area contributed by atoms with Crippen molar-refractivity contribution in [3.63, 3.8) is 0 Å². The number of aromatic nitrogens is 3. The van der Waals surface area contributed by atoms with E-state index in [1.165, 1.54) is 6.33 Å². The summed E-state index contributed by atoms with van der Waals surface area (Å²) in [6.07, 6.45) is 1.43. The first kappa shape index (κ1) is 10.0. The van der Waals surface area contributed by atoms with E-state index in [0.717, 1.165) is 11.0 Å². The van der Waals surface area contributed by atoms with Gasteiger partial charge in [-0.25, -0.2) is 10.4 Å². The molecule has 86 valence electrons. The van der Waals surface area contributed by atoms with Crippen molar-refractivity contribution >= 4 is 11.0 Å². The molecule has 0 saturated heterocycles. The third kappa shape index (κ3) is 1.69. The van der Waals surface area contributed by atoms with Crippen LogP contribution < -0.4 is 11.3 Å². The number of nitrogens with one attached hydrogen (secondary N) is 2. The number of fused-ring (bicyclic) bond motifs is 1. The van der Waals surface area contributed by atoms with Crippen molar-refractivity contribution in [1.29, 1.82) is 0 Å². The molecular weight excluding hydrogens is 218 g/mol. The van der Waals surface area contributed by atoms with Gasteiger partial charge in [-0.3, -0.25) is 10.9 Å². The number of furan rings is 1. The van der Waals surface area contributed by atoms with Crippen LogP contribution in [-0.4, -0.2) is 15.2 Å². The fourth-order valence-electron chi connectivity index (χ4n) is 1.79. The number of rotatable bonds is 3. The van der Waals surface area contributed by atoms with E-state index >= 15 is 0 Å². The van der Waals surface area contributed by atoms with Crippen LogP contribution in [0.2, 0.25) is 0 Å². The molecule has 0 aliphatic carbocycles. The summed E-state index contributed by atoms with van der Waals surface area (Å²) in [5.41, 5.74) is 3.48. The summed E-state index contributed by atoms with van der Waals surface area (Å²) in [5.74, 6) is 6.84. The molecule has 1 aromatic carbocycles. The Labute approximate surface area is 96.8 Å². The van der Waals surface area contributed by atoms with Crippen molar-refractivity contribution in [2.75, 3.05) is 0 Å². The SMILES string of the molecule is NNC(c1ncn[nH]1)c1cc2ccccc2o1. The molecule has 2 aromatic heterocycles. The van der Waals surface area contributed by atoms with Gasteiger partial charge in [-0.1, -0.05) is 18.2 Å². The number of nitrogens with zero attached hydrogens (tertiary/aromatic N) is 2. The molecule has 2 heterocycles. The zero-order valence-electron chi connectivity index (χ0n) is 8.92. The minimum absolute atomic E-state index is 0.329. The minimum Gasteiger partial charge on any atom is -0.459 e. The molecule has 4 N–H and O–H groups in total. The standard InChI is InChI=1S/C11H11N5O/c12-15-10(11-13-6-14-16-11)9-5-7-3-1-2-4-8(7)17-9/h1-6,10,15H,12H2,(H,13,14,16). The molecular formula is C11H11N5O. The predicted molar refractivity (Wildman–Crippen MR) is 61.8 cm³/mol. The van der Waals surface area contributed by atoms with E-state index in [1.807, 2.05) is 30.3 Å². The van der Waals surface area contributed by atoms with Crippen LogP contribution in [0.3, 0.4) is 0 Å². The van der Waals surface area contributed by atoms with Crippen LogP contribution in [0.5, 0.6) is 0 Å². The molecule has 6 nitrogen and oxygen atoms in total. The summed E-state index contributed by atoms with van der Waals surface area (Å²) in [5, 5.41) is 7.59. The van der Waals surface area contributed by atoms with Crippen molar-refractivity contribution in [2.45, 2.75) is 6.04 Å². The van der Waals surface area contributed by atoms with Crippen molar-refractivity contribution in [3.8, 4) is 0 Å². The molecule has 0 saturated carbocycles. The maximum absolute atomic E-state index is 5.71. The van der Waals surface area contributed by atoms with Gasteiger partial charge in [-0.2, -0.15) is 5.10 Å². The summed E-state index contributed by atoms with van der Waals surface area (Å²) in [6, 6.07) is 9.38. The summed E-state index contributed by atoms with van der Waals surface area (Å²) in [4.78, 5) is 4.06. The maximum Gasteiger partial charge on any atom is 0.150 e. The molecule has 0 radical (unpaired) electrons. The van der Waals surface area contributed by atoms with Gasteiger partial charge in [0.05, 0.1) is 0 Å². The van der Waals surface area contributed by atoms with E-state index in [9.17, 15) is 0 Å². The molecule has 6 heteroatoms. The van der Waals surface area contributed by atoms with Crippen LogP contribution in [0.1, 0.15) is 17.6 Å². The lowest BCUT2D eigenvalue weighted by Gasteiger charge is -2.08. The van der Waals surface area contributed by atoms with Gasteiger partial charge >= 0.3 is 0 Å². The fourth-order valence-corrected chi connectivity index (χ4v) is 1.79. The lowest BCUT2D eigenvalue weighted by Crippen LogP contribution is -2.29. The highest BCUT2D eigenvalue weighted by Crippen LogP contribution is 2.25. The van der Waals surface area contributed by atoms with Gasteiger partial charge in [0.1, 0.15) is 23.7 Å². The van der Waals surface area contributed by atoms with E-state index in [1.54, 1.807) is 0 Å². The Balaban J connectivity index is 2.07. The first-order valence-electron chi connectivity index (χ1n) is 5.18. The first-order valence-corrected chi connectivity index (χ1v) is 5.18. The summed E-state index contributed by atoms with van der Waals surface area (Å²) >= 11 is 0. The first-order chi connectivity index (χ1) is 8.38. The molecule has 3 aromatic rings. The van der Waals surface area contributed by atoms with Crippen LogP contribution in [-0.2, 0) is 0 Å². The Kier molecular flexibility index (Phi) is 2.36. The Morgan fingerprint density at radius 3 is 2.94 bits per heavy atom. The third-order valence-corrected chi connectivity index (χ3v) is 2.60. The number of hydrazine groups is 1. The second-order valence-electron chi connectivity index (χ2n) is 3.66. The molecule has 0 bridgehead atoms. The average molecular weight is 229 g/mol. The summed E-state index contributed by atoms with van der Waals surface area (Å²) in [7, 11) is 0. The van der Waals surface area contributed by atoms with E-state index < -0.39 is 0 Å². The van der Waals surface area contributed by atoms with Crippen molar-refractivity contribution in [1.82, 2.24) is 20.6 Å². The summed E-state index contributed by atoms with van der Waals surface area (Å²) in [6.45, 7) is 0. The number of nitrogens with two attached hydrogens (primary N) is 1. The van der Waals surface area contributed by atoms with Gasteiger partial charge in [-0.15, -0.1) is 0 Å². The van der Waals surface area contributed by atoms with Crippen LogP contribution in [0.15, 0.2) is 41.1 Å². The highest BCUT2D eigenvalue weighted by atomic mass is 16.3. The zero-order chi connectivity index (χ0) is 11.7. The Morgan fingerprint density at radius 1 is 1.35 bits per heavy atom. The molecule has 0 amide bonds. The lowest BCUT2D eigenvalue weighted by molar-refractivity contribution is 0.465. The molecule has 1 unspecified atom stereocenters. The molecule has 0 fully saturated rings. The third-order valence-electron chi connectivity index (χ3n) is 2.60. The normalized spacial score (nSPS) is 13.0. The topological polar surface area (TPSA) is 92.8 Å². The van der Waals surface area contributed by atoms with Crippen molar-refractivity contribution in [2.24, 2.45) is 5.84 Å². The van der Waals surface area contributed by atoms with E-state index in [-0.39, 0.29) is 6.04 Å². The van der Waals surface area contributed by atoms with Gasteiger partial charge in [-0.05, 0) is 12.1 Å². The van der Waals surface area contributed by atoms with Crippen molar-refractivity contribution < 1.29 is 4.42 Å². The highest BCUT2D eigenvalue weighted by Gasteiger charge is 2.19. The van der Waals surface area contributed by atoms with Crippen LogP contribution in [0.4, 0.5) is 0 Å². The molecule has 17 heavy (non-hydrogen) atoms. The van der Waals surface area contributed by atoms with Crippen LogP contribution >= 0.6 is 0 Å². The van der Waals surface area contributed by atoms with Gasteiger partial charge in [0, 0.05) is 5.39 Å². The Morgan fingerprint density at radius 2 is 2.24 bits per heavy atom. The Hall–Kier alpha value is -2.18. The maximum atomic E-state index is 5.71. The molecule has 0 aliphatic heterocycles. The average Bonchev–Trinajstić information content (AvgIpc) is 2.98.